The molecule has 0 radical (unpaired) electrons. The maximum Gasteiger partial charge on any atom is 0.162 e. The van der Waals surface area contributed by atoms with E-state index in [1.54, 1.807) is 51.8 Å². The molecular formula is C20H19NO4. The third-order valence-electron chi connectivity index (χ3n) is 3.95. The molecule has 0 aliphatic heterocycles. The number of aromatic hydroxyl groups is 1. The highest BCUT2D eigenvalue weighted by molar-refractivity contribution is 6.05. The Balaban J connectivity index is 2.05. The Morgan fingerprint density at radius 1 is 0.840 bits per heavy atom. The van der Waals surface area contributed by atoms with Crippen LogP contribution in [0.3, 0.4) is 0 Å². The van der Waals surface area contributed by atoms with E-state index >= 15 is 0 Å². The number of phenolic OH excluding ortho intramolecular Hbond substituents is 1. The second kappa shape index (κ2) is 7.13. The molecule has 0 aromatic heterocycles. The van der Waals surface area contributed by atoms with Crippen LogP contribution >= 0.6 is 0 Å². The van der Waals surface area contributed by atoms with Gasteiger partial charge in [0, 0.05) is 28.6 Å². The van der Waals surface area contributed by atoms with Crippen molar-refractivity contribution in [1.29, 1.82) is 0 Å². The van der Waals surface area contributed by atoms with Gasteiger partial charge in [0.2, 0.25) is 0 Å². The van der Waals surface area contributed by atoms with Crippen LogP contribution in [0.25, 0.3) is 10.8 Å². The molecule has 0 heterocycles. The molecule has 5 nitrogen and oxygen atoms in total. The van der Waals surface area contributed by atoms with Crippen molar-refractivity contribution in [2.24, 2.45) is 4.99 Å². The van der Waals surface area contributed by atoms with E-state index in [-0.39, 0.29) is 5.75 Å². The molecule has 0 amide bonds. The minimum Gasteiger partial charge on any atom is -0.507 e. The van der Waals surface area contributed by atoms with E-state index in [2.05, 4.69) is 4.99 Å². The molecule has 0 bridgehead atoms. The number of ether oxygens (including phenoxy) is 3. The van der Waals surface area contributed by atoms with E-state index in [1.807, 2.05) is 24.3 Å². The molecule has 0 spiro atoms. The van der Waals surface area contributed by atoms with E-state index in [9.17, 15) is 5.11 Å². The number of fused-ring (bicyclic) bond motifs is 1. The molecule has 25 heavy (non-hydrogen) atoms. The number of nitrogens with zero attached hydrogens (tertiary/aromatic N) is 1. The quantitative estimate of drug-likeness (QED) is 0.704. The monoisotopic (exact) mass is 337 g/mol. The number of hydrogen-bond donors (Lipinski definition) is 1. The van der Waals surface area contributed by atoms with Crippen LogP contribution in [0.5, 0.6) is 23.0 Å². The van der Waals surface area contributed by atoms with Crippen LogP contribution in [-0.2, 0) is 0 Å². The molecule has 0 unspecified atom stereocenters. The fraction of sp³-hybridized carbons (Fsp3) is 0.150. The largest absolute Gasteiger partial charge is 0.507 e. The predicted molar refractivity (Wildman–Crippen MR) is 99.0 cm³/mol. The molecule has 1 N–H and O–H groups in total. The normalized spacial score (nSPS) is 11.0. The molecule has 3 aromatic rings. The summed E-state index contributed by atoms with van der Waals surface area (Å²) >= 11 is 0. The Morgan fingerprint density at radius 2 is 1.56 bits per heavy atom. The van der Waals surface area contributed by atoms with Gasteiger partial charge in [-0.15, -0.1) is 0 Å². The highest BCUT2D eigenvalue weighted by Gasteiger charge is 2.09. The van der Waals surface area contributed by atoms with Gasteiger partial charge < -0.3 is 19.3 Å². The summed E-state index contributed by atoms with van der Waals surface area (Å²) in [6.07, 6.45) is 1.71. The third-order valence-corrected chi connectivity index (χ3v) is 3.95. The number of aliphatic imine (C=N–C) groups is 1. The van der Waals surface area contributed by atoms with Gasteiger partial charge in [-0.05, 0) is 30.3 Å². The van der Waals surface area contributed by atoms with Gasteiger partial charge >= 0.3 is 0 Å². The van der Waals surface area contributed by atoms with E-state index in [4.69, 9.17) is 14.2 Å². The molecule has 0 aliphatic rings. The summed E-state index contributed by atoms with van der Waals surface area (Å²) in [5.41, 5.74) is 1.51. The lowest BCUT2D eigenvalue weighted by atomic mass is 10.0. The summed E-state index contributed by atoms with van der Waals surface area (Å²) in [5, 5.41) is 11.8. The second-order valence-electron chi connectivity index (χ2n) is 5.35. The van der Waals surface area contributed by atoms with Crippen molar-refractivity contribution < 1.29 is 19.3 Å². The average Bonchev–Trinajstić information content (AvgIpc) is 2.65. The van der Waals surface area contributed by atoms with Crippen LogP contribution in [0.1, 0.15) is 5.56 Å². The Kier molecular flexibility index (Phi) is 4.75. The smallest absolute Gasteiger partial charge is 0.162 e. The Labute approximate surface area is 146 Å². The first-order valence-corrected chi connectivity index (χ1v) is 7.72. The van der Waals surface area contributed by atoms with Crippen LogP contribution in [0, 0.1) is 0 Å². The van der Waals surface area contributed by atoms with Crippen molar-refractivity contribution in [1.82, 2.24) is 0 Å². The van der Waals surface area contributed by atoms with Crippen molar-refractivity contribution >= 4 is 22.7 Å². The molecule has 0 saturated heterocycles. The average molecular weight is 337 g/mol. The molecule has 5 heteroatoms. The Hall–Kier alpha value is -3.21. The molecule has 3 aromatic carbocycles. The van der Waals surface area contributed by atoms with E-state index in [0.717, 1.165) is 16.6 Å². The van der Waals surface area contributed by atoms with Crippen LogP contribution in [0.2, 0.25) is 0 Å². The highest BCUT2D eigenvalue weighted by atomic mass is 16.5. The van der Waals surface area contributed by atoms with Crippen LogP contribution in [0.15, 0.2) is 53.5 Å². The summed E-state index contributed by atoms with van der Waals surface area (Å²) in [4.78, 5) is 4.49. The second-order valence-corrected chi connectivity index (χ2v) is 5.35. The summed E-state index contributed by atoms with van der Waals surface area (Å²) in [5.74, 6) is 2.15. The lowest BCUT2D eigenvalue weighted by Gasteiger charge is -2.10. The first-order valence-electron chi connectivity index (χ1n) is 7.72. The predicted octanol–water partition coefficient (Wildman–Crippen LogP) is 4.32. The first-order chi connectivity index (χ1) is 12.2. The molecule has 0 atom stereocenters. The molecule has 128 valence electrons. The molecule has 0 fully saturated rings. The van der Waals surface area contributed by atoms with Crippen molar-refractivity contribution in [2.75, 3.05) is 21.3 Å². The number of phenols is 1. The van der Waals surface area contributed by atoms with Crippen molar-refractivity contribution in [3.05, 3.63) is 54.1 Å². The van der Waals surface area contributed by atoms with E-state index in [1.165, 1.54) is 0 Å². The van der Waals surface area contributed by atoms with Crippen molar-refractivity contribution in [3.63, 3.8) is 0 Å². The Morgan fingerprint density at radius 3 is 2.28 bits per heavy atom. The fourth-order valence-electron chi connectivity index (χ4n) is 2.72. The number of rotatable bonds is 5. The summed E-state index contributed by atoms with van der Waals surface area (Å²) < 4.78 is 15.9. The van der Waals surface area contributed by atoms with E-state index < -0.39 is 0 Å². The van der Waals surface area contributed by atoms with Crippen LogP contribution in [-0.4, -0.2) is 32.7 Å². The maximum atomic E-state index is 10.3. The zero-order chi connectivity index (χ0) is 17.8. The van der Waals surface area contributed by atoms with Crippen molar-refractivity contribution in [3.8, 4) is 23.0 Å². The minimum atomic E-state index is 0.185. The van der Waals surface area contributed by atoms with Gasteiger partial charge in [-0.2, -0.15) is 0 Å². The van der Waals surface area contributed by atoms with Crippen LogP contribution < -0.4 is 14.2 Å². The molecular weight excluding hydrogens is 318 g/mol. The SMILES string of the molecule is COc1ccc(N=Cc2ccc(OC)c3cccc(O)c23)cc1OC. The van der Waals surface area contributed by atoms with Gasteiger partial charge in [-0.25, -0.2) is 0 Å². The summed E-state index contributed by atoms with van der Waals surface area (Å²) in [7, 11) is 4.78. The lowest BCUT2D eigenvalue weighted by molar-refractivity contribution is 0.355. The minimum absolute atomic E-state index is 0.185. The van der Waals surface area contributed by atoms with Gasteiger partial charge in [0.05, 0.1) is 27.0 Å². The molecule has 0 aliphatic carbocycles. The van der Waals surface area contributed by atoms with E-state index in [0.29, 0.717) is 22.6 Å². The molecule has 0 saturated carbocycles. The summed E-state index contributed by atoms with van der Waals surface area (Å²) in [6, 6.07) is 14.5. The topological polar surface area (TPSA) is 60.3 Å². The van der Waals surface area contributed by atoms with Crippen molar-refractivity contribution in [2.45, 2.75) is 0 Å². The van der Waals surface area contributed by atoms with Gasteiger partial charge in [0.1, 0.15) is 11.5 Å². The maximum absolute atomic E-state index is 10.3. The van der Waals surface area contributed by atoms with Gasteiger partial charge in [0.25, 0.3) is 0 Å². The standard InChI is InChI=1S/C20H19NO4/c1-23-17-9-7-13(20-15(17)5-4-6-16(20)22)12-21-14-8-10-18(24-2)19(11-14)25-3/h4-12,22H,1-3H3. The first kappa shape index (κ1) is 16.6. The number of benzene rings is 3. The number of methoxy groups -OCH3 is 3. The number of hydrogen-bond acceptors (Lipinski definition) is 5. The molecule has 3 rings (SSSR count). The third kappa shape index (κ3) is 3.21. The lowest BCUT2D eigenvalue weighted by Crippen LogP contribution is -1.91. The zero-order valence-electron chi connectivity index (χ0n) is 14.3. The van der Waals surface area contributed by atoms with Gasteiger partial charge in [0.15, 0.2) is 11.5 Å². The fourth-order valence-corrected chi connectivity index (χ4v) is 2.72. The zero-order valence-corrected chi connectivity index (χ0v) is 14.3. The van der Waals surface area contributed by atoms with Crippen LogP contribution in [0.4, 0.5) is 5.69 Å². The Bertz CT molecular complexity index is 934. The van der Waals surface area contributed by atoms with Gasteiger partial charge in [-0.3, -0.25) is 4.99 Å². The highest BCUT2D eigenvalue weighted by Crippen LogP contribution is 2.34. The van der Waals surface area contributed by atoms with Gasteiger partial charge in [-0.1, -0.05) is 12.1 Å². The summed E-state index contributed by atoms with van der Waals surface area (Å²) in [6.45, 7) is 0.